The molecule has 0 unspecified atom stereocenters. The van der Waals surface area contributed by atoms with Crippen molar-refractivity contribution in [2.45, 2.75) is 19.8 Å². The molecule has 2 rings (SSSR count). The number of nitrogens with one attached hydrogen (secondary N) is 1. The van der Waals surface area contributed by atoms with E-state index in [0.29, 0.717) is 27.3 Å². The van der Waals surface area contributed by atoms with Crippen molar-refractivity contribution in [3.8, 4) is 22.9 Å². The van der Waals surface area contributed by atoms with Crippen molar-refractivity contribution < 1.29 is 9.84 Å². The molecule has 2 N–H and O–H groups in total. The Kier molecular flexibility index (Phi) is 4.13. The van der Waals surface area contributed by atoms with Crippen molar-refractivity contribution in [2.24, 2.45) is 0 Å². The molecule has 0 amide bonds. The SMILES string of the molecule is COc1cc(-c2nc(C(C)C)c(Br)c(=O)[nH]2)ccc1O. The zero-order chi connectivity index (χ0) is 14.9. The van der Waals surface area contributed by atoms with Crippen molar-refractivity contribution in [1.82, 2.24) is 9.97 Å². The molecule has 0 aliphatic rings. The van der Waals surface area contributed by atoms with Gasteiger partial charge in [0, 0.05) is 5.56 Å². The van der Waals surface area contributed by atoms with Crippen LogP contribution in [0.15, 0.2) is 27.5 Å². The van der Waals surface area contributed by atoms with Gasteiger partial charge in [0.25, 0.3) is 5.56 Å². The molecule has 0 saturated heterocycles. The van der Waals surface area contributed by atoms with E-state index in [0.717, 1.165) is 0 Å². The molecule has 0 atom stereocenters. The van der Waals surface area contributed by atoms with Crippen molar-refractivity contribution in [3.05, 3.63) is 38.7 Å². The van der Waals surface area contributed by atoms with Gasteiger partial charge in [-0.3, -0.25) is 4.79 Å². The number of aromatic nitrogens is 2. The number of aromatic amines is 1. The summed E-state index contributed by atoms with van der Waals surface area (Å²) >= 11 is 3.26. The Bertz CT molecular complexity index is 695. The first-order valence-corrected chi connectivity index (χ1v) is 6.90. The predicted molar refractivity (Wildman–Crippen MR) is 80.3 cm³/mol. The standard InChI is InChI=1S/C14H15BrN2O3/c1-7(2)12-11(15)14(19)17-13(16-12)8-4-5-9(18)10(6-8)20-3/h4-7,18H,1-3H3,(H,16,17,19). The molecule has 1 aromatic carbocycles. The summed E-state index contributed by atoms with van der Waals surface area (Å²) in [5.41, 5.74) is 1.13. The van der Waals surface area contributed by atoms with Gasteiger partial charge >= 0.3 is 0 Å². The lowest BCUT2D eigenvalue weighted by Gasteiger charge is -2.10. The second-order valence-electron chi connectivity index (χ2n) is 4.66. The summed E-state index contributed by atoms with van der Waals surface area (Å²) in [7, 11) is 1.47. The van der Waals surface area contributed by atoms with Crippen LogP contribution in [-0.4, -0.2) is 22.2 Å². The van der Waals surface area contributed by atoms with Gasteiger partial charge in [0.1, 0.15) is 10.3 Å². The Labute approximate surface area is 124 Å². The lowest BCUT2D eigenvalue weighted by molar-refractivity contribution is 0.373. The summed E-state index contributed by atoms with van der Waals surface area (Å²) in [6.07, 6.45) is 0. The Morgan fingerprint density at radius 3 is 2.70 bits per heavy atom. The van der Waals surface area contributed by atoms with Gasteiger partial charge in [-0.2, -0.15) is 0 Å². The molecule has 1 heterocycles. The Morgan fingerprint density at radius 1 is 1.40 bits per heavy atom. The molecule has 0 spiro atoms. The van der Waals surface area contributed by atoms with Crippen LogP contribution in [0, 0.1) is 0 Å². The van der Waals surface area contributed by atoms with Crippen LogP contribution in [0.25, 0.3) is 11.4 Å². The summed E-state index contributed by atoms with van der Waals surface area (Å²) in [5, 5.41) is 9.60. The molecule has 0 bridgehead atoms. The molecule has 0 aliphatic heterocycles. The molecule has 1 aromatic heterocycles. The second kappa shape index (κ2) is 5.66. The van der Waals surface area contributed by atoms with Gasteiger partial charge in [0.05, 0.1) is 12.8 Å². The third-order valence-electron chi connectivity index (χ3n) is 2.89. The largest absolute Gasteiger partial charge is 0.504 e. The van der Waals surface area contributed by atoms with E-state index in [-0.39, 0.29) is 17.2 Å². The lowest BCUT2D eigenvalue weighted by atomic mass is 10.1. The van der Waals surface area contributed by atoms with E-state index in [1.165, 1.54) is 13.2 Å². The van der Waals surface area contributed by atoms with Gasteiger partial charge in [-0.15, -0.1) is 0 Å². The Balaban J connectivity index is 2.61. The summed E-state index contributed by atoms with van der Waals surface area (Å²) in [5.74, 6) is 0.934. The van der Waals surface area contributed by atoms with E-state index < -0.39 is 0 Å². The number of aromatic hydroxyl groups is 1. The zero-order valence-corrected chi connectivity index (χ0v) is 13.0. The molecule has 2 aromatic rings. The molecule has 5 nitrogen and oxygen atoms in total. The van der Waals surface area contributed by atoms with Crippen molar-refractivity contribution in [3.63, 3.8) is 0 Å². The van der Waals surface area contributed by atoms with Crippen LogP contribution >= 0.6 is 15.9 Å². The van der Waals surface area contributed by atoms with Crippen LogP contribution in [0.2, 0.25) is 0 Å². The number of phenolic OH excluding ortho intramolecular Hbond substituents is 1. The Hall–Kier alpha value is -1.82. The first kappa shape index (κ1) is 14.6. The molecule has 6 heteroatoms. The number of methoxy groups -OCH3 is 1. The molecule has 0 aliphatic carbocycles. The first-order chi connectivity index (χ1) is 9.43. The number of hydrogen-bond acceptors (Lipinski definition) is 4. The molecular formula is C14H15BrN2O3. The highest BCUT2D eigenvalue weighted by Crippen LogP contribution is 2.30. The summed E-state index contributed by atoms with van der Waals surface area (Å²) in [6.45, 7) is 3.93. The molecule has 0 radical (unpaired) electrons. The normalized spacial score (nSPS) is 10.8. The summed E-state index contributed by atoms with van der Waals surface area (Å²) in [4.78, 5) is 19.1. The van der Waals surface area contributed by atoms with Gasteiger partial charge in [-0.25, -0.2) is 4.98 Å². The van der Waals surface area contributed by atoms with Crippen molar-refractivity contribution in [1.29, 1.82) is 0 Å². The average Bonchev–Trinajstić information content (AvgIpc) is 2.42. The molecule has 20 heavy (non-hydrogen) atoms. The van der Waals surface area contributed by atoms with Crippen LogP contribution in [0.5, 0.6) is 11.5 Å². The van der Waals surface area contributed by atoms with Crippen LogP contribution in [0.4, 0.5) is 0 Å². The minimum absolute atomic E-state index is 0.0415. The maximum absolute atomic E-state index is 11.9. The van der Waals surface area contributed by atoms with Crippen molar-refractivity contribution >= 4 is 15.9 Å². The fraction of sp³-hybridized carbons (Fsp3) is 0.286. The lowest BCUT2D eigenvalue weighted by Crippen LogP contribution is -2.14. The van der Waals surface area contributed by atoms with Gasteiger partial charge in [0.15, 0.2) is 11.5 Å². The Morgan fingerprint density at radius 2 is 2.10 bits per heavy atom. The zero-order valence-electron chi connectivity index (χ0n) is 11.4. The minimum Gasteiger partial charge on any atom is -0.504 e. The summed E-state index contributed by atoms with van der Waals surface area (Å²) in [6, 6.07) is 4.81. The van der Waals surface area contributed by atoms with E-state index in [4.69, 9.17) is 4.74 Å². The van der Waals surface area contributed by atoms with Crippen LogP contribution in [0.3, 0.4) is 0 Å². The second-order valence-corrected chi connectivity index (χ2v) is 5.45. The quantitative estimate of drug-likeness (QED) is 0.901. The number of halogens is 1. The van der Waals surface area contributed by atoms with E-state index in [9.17, 15) is 9.90 Å². The van der Waals surface area contributed by atoms with Gasteiger partial charge < -0.3 is 14.8 Å². The highest BCUT2D eigenvalue weighted by atomic mass is 79.9. The highest BCUT2D eigenvalue weighted by Gasteiger charge is 2.14. The number of nitrogens with zero attached hydrogens (tertiary/aromatic N) is 1. The van der Waals surface area contributed by atoms with Crippen molar-refractivity contribution in [2.75, 3.05) is 7.11 Å². The maximum atomic E-state index is 11.9. The van der Waals surface area contributed by atoms with Gasteiger partial charge in [-0.1, -0.05) is 13.8 Å². The van der Waals surface area contributed by atoms with Crippen LogP contribution in [-0.2, 0) is 0 Å². The number of rotatable bonds is 3. The fourth-order valence-electron chi connectivity index (χ4n) is 1.82. The third-order valence-corrected chi connectivity index (χ3v) is 3.65. The highest BCUT2D eigenvalue weighted by molar-refractivity contribution is 9.10. The van der Waals surface area contributed by atoms with E-state index in [2.05, 4.69) is 25.9 Å². The molecule has 0 saturated carbocycles. The predicted octanol–water partition coefficient (Wildman–Crippen LogP) is 3.04. The smallest absolute Gasteiger partial charge is 0.265 e. The van der Waals surface area contributed by atoms with Crippen LogP contribution < -0.4 is 10.3 Å². The number of phenols is 1. The monoisotopic (exact) mass is 338 g/mol. The molecular weight excluding hydrogens is 324 g/mol. The third kappa shape index (κ3) is 2.70. The van der Waals surface area contributed by atoms with Gasteiger partial charge in [-0.05, 0) is 40.0 Å². The first-order valence-electron chi connectivity index (χ1n) is 6.11. The summed E-state index contributed by atoms with van der Waals surface area (Å²) < 4.78 is 5.51. The number of benzene rings is 1. The van der Waals surface area contributed by atoms with Crippen LogP contribution in [0.1, 0.15) is 25.5 Å². The van der Waals surface area contributed by atoms with E-state index >= 15 is 0 Å². The molecule has 106 valence electrons. The maximum Gasteiger partial charge on any atom is 0.265 e. The fourth-order valence-corrected chi connectivity index (χ4v) is 2.47. The minimum atomic E-state index is -0.231. The van der Waals surface area contributed by atoms with E-state index in [1.807, 2.05) is 13.8 Å². The topological polar surface area (TPSA) is 75.2 Å². The van der Waals surface area contributed by atoms with E-state index in [1.54, 1.807) is 12.1 Å². The van der Waals surface area contributed by atoms with Gasteiger partial charge in [0.2, 0.25) is 0 Å². The number of ether oxygens (including phenoxy) is 1. The molecule has 0 fully saturated rings. The number of H-pyrrole nitrogens is 1. The number of hydrogen-bond donors (Lipinski definition) is 2. The average molecular weight is 339 g/mol.